The summed E-state index contributed by atoms with van der Waals surface area (Å²) in [5.41, 5.74) is 0. The van der Waals surface area contributed by atoms with Gasteiger partial charge in [0.1, 0.15) is 24.9 Å². The minimum Gasteiger partial charge on any atom is -0.378 e. The van der Waals surface area contributed by atoms with Gasteiger partial charge in [0.2, 0.25) is 0 Å². The van der Waals surface area contributed by atoms with Crippen molar-refractivity contribution in [1.29, 1.82) is 31.6 Å². The topological polar surface area (TPSA) is 198 Å². The van der Waals surface area contributed by atoms with Crippen molar-refractivity contribution in [3.63, 3.8) is 0 Å². The normalized spacial score (nSPS) is 13.5. The van der Waals surface area contributed by atoms with Crippen LogP contribution in [-0.4, -0.2) is 77.3 Å². The van der Waals surface area contributed by atoms with E-state index < -0.39 is 24.4 Å². The molecule has 0 saturated heterocycles. The van der Waals surface area contributed by atoms with Crippen LogP contribution in [0.1, 0.15) is 38.5 Å². The van der Waals surface area contributed by atoms with E-state index in [9.17, 15) is 0 Å². The number of nitrogens with zero attached hydrogens (tertiary/aromatic N) is 6. The lowest BCUT2D eigenvalue weighted by molar-refractivity contribution is -0.189. The highest BCUT2D eigenvalue weighted by molar-refractivity contribution is 4.88. The number of hydrogen-bond donors (Lipinski definition) is 0. The van der Waals surface area contributed by atoms with Crippen molar-refractivity contribution in [1.82, 2.24) is 0 Å². The molecule has 0 aliphatic rings. The Morgan fingerprint density at radius 2 is 0.889 bits per heavy atom. The summed E-state index contributed by atoms with van der Waals surface area (Å²) in [5, 5.41) is 53.4. The molecule has 0 aliphatic heterocycles. The molecule has 0 heterocycles. The first-order chi connectivity index (χ1) is 17.7. The molecular formula is C24H32N6O6. The third-order valence-corrected chi connectivity index (χ3v) is 4.55. The summed E-state index contributed by atoms with van der Waals surface area (Å²) in [5.74, 6) is 0. The Bertz CT molecular complexity index is 748. The van der Waals surface area contributed by atoms with Crippen molar-refractivity contribution in [2.75, 3.05) is 52.9 Å². The van der Waals surface area contributed by atoms with Crippen molar-refractivity contribution in [3.05, 3.63) is 0 Å². The lowest BCUT2D eigenvalue weighted by Gasteiger charge is -2.37. The smallest absolute Gasteiger partial charge is 0.133 e. The van der Waals surface area contributed by atoms with Gasteiger partial charge in [-0.3, -0.25) is 0 Å². The maximum Gasteiger partial charge on any atom is 0.133 e. The number of rotatable bonds is 23. The molecule has 0 rings (SSSR count). The van der Waals surface area contributed by atoms with Crippen molar-refractivity contribution in [2.24, 2.45) is 0 Å². The monoisotopic (exact) mass is 500 g/mol. The zero-order chi connectivity index (χ0) is 26.7. The zero-order valence-electron chi connectivity index (χ0n) is 20.3. The largest absolute Gasteiger partial charge is 0.378 e. The average Bonchev–Trinajstić information content (AvgIpc) is 2.88. The maximum atomic E-state index is 9.01. The van der Waals surface area contributed by atoms with Crippen LogP contribution in [0, 0.1) is 68.0 Å². The van der Waals surface area contributed by atoms with Gasteiger partial charge in [-0.25, -0.2) is 0 Å². The predicted molar refractivity (Wildman–Crippen MR) is 122 cm³/mol. The van der Waals surface area contributed by atoms with Gasteiger partial charge in [-0.1, -0.05) is 0 Å². The third kappa shape index (κ3) is 16.3. The fourth-order valence-corrected chi connectivity index (χ4v) is 3.04. The summed E-state index contributed by atoms with van der Waals surface area (Å²) in [6.07, 6.45) is -2.24. The summed E-state index contributed by atoms with van der Waals surface area (Å²) in [6.45, 7) is 0.494. The van der Waals surface area contributed by atoms with Crippen LogP contribution >= 0.6 is 0 Å². The number of nitriles is 6. The highest BCUT2D eigenvalue weighted by atomic mass is 16.6. The van der Waals surface area contributed by atoms with Crippen LogP contribution in [0.25, 0.3) is 0 Å². The van der Waals surface area contributed by atoms with Crippen molar-refractivity contribution in [2.45, 2.75) is 62.9 Å². The molecule has 12 heteroatoms. The van der Waals surface area contributed by atoms with Crippen LogP contribution < -0.4 is 0 Å². The Balaban J connectivity index is 6.02. The van der Waals surface area contributed by atoms with Gasteiger partial charge in [-0.2, -0.15) is 31.6 Å². The molecule has 0 aromatic carbocycles. The van der Waals surface area contributed by atoms with Crippen LogP contribution in [0.4, 0.5) is 0 Å². The molecule has 0 unspecified atom stereocenters. The van der Waals surface area contributed by atoms with E-state index in [1.807, 2.05) is 36.4 Å². The average molecular weight is 501 g/mol. The Kier molecular flexibility index (Phi) is 22.5. The van der Waals surface area contributed by atoms with Gasteiger partial charge in [0.15, 0.2) is 0 Å². The fraction of sp³-hybridized carbons (Fsp3) is 0.750. The van der Waals surface area contributed by atoms with Gasteiger partial charge >= 0.3 is 0 Å². The highest BCUT2D eigenvalue weighted by Crippen LogP contribution is 2.22. The van der Waals surface area contributed by atoms with Gasteiger partial charge in [-0.05, 0) is 6.42 Å². The van der Waals surface area contributed by atoms with E-state index >= 15 is 0 Å². The Hall–Kier alpha value is -3.30. The molecule has 0 amide bonds. The Labute approximate surface area is 212 Å². The van der Waals surface area contributed by atoms with Gasteiger partial charge in [0.05, 0.1) is 121 Å². The SMILES string of the molecule is N#CCCOC[C@@H](OCCC#N)[C@@H](OCCC#N)[C@H](OCCC#N)[C@H](CCOCC#N)OCCC#N. The van der Waals surface area contributed by atoms with Crippen LogP contribution in [0.15, 0.2) is 0 Å². The van der Waals surface area contributed by atoms with E-state index in [0.29, 0.717) is 0 Å². The molecule has 4 atom stereocenters. The summed E-state index contributed by atoms with van der Waals surface area (Å²) in [6, 6.07) is 11.9. The van der Waals surface area contributed by atoms with E-state index in [1.54, 1.807) is 0 Å². The van der Waals surface area contributed by atoms with E-state index in [0.717, 1.165) is 0 Å². The second-order valence-electron chi connectivity index (χ2n) is 7.10. The van der Waals surface area contributed by atoms with Gasteiger partial charge in [0, 0.05) is 0 Å². The first kappa shape index (κ1) is 32.7. The summed E-state index contributed by atoms with van der Waals surface area (Å²) in [7, 11) is 0. The standard InChI is InChI=1S/C24H32N6O6/c25-7-1-13-32-20-22(34-15-3-9-27)24(36-17-5-11-29)23(35-16-4-10-28)21(33-14-2-8-26)6-18-31-19-12-30/h21-24H,1-6,13-20H2/t21-,22+,23+,24+/m0/s1. The highest BCUT2D eigenvalue weighted by Gasteiger charge is 2.38. The summed E-state index contributed by atoms with van der Waals surface area (Å²) in [4.78, 5) is 0. The fourth-order valence-electron chi connectivity index (χ4n) is 3.04. The van der Waals surface area contributed by atoms with E-state index in [4.69, 9.17) is 60.0 Å². The maximum absolute atomic E-state index is 9.01. The first-order valence-corrected chi connectivity index (χ1v) is 11.5. The third-order valence-electron chi connectivity index (χ3n) is 4.55. The summed E-state index contributed by atoms with van der Waals surface area (Å²) >= 11 is 0. The minimum atomic E-state index is -0.846. The molecule has 194 valence electrons. The van der Waals surface area contributed by atoms with Crippen LogP contribution in [0.3, 0.4) is 0 Å². The van der Waals surface area contributed by atoms with Crippen molar-refractivity contribution < 1.29 is 28.4 Å². The second kappa shape index (κ2) is 24.8. The van der Waals surface area contributed by atoms with Crippen molar-refractivity contribution in [3.8, 4) is 36.4 Å². The summed E-state index contributed by atoms with van der Waals surface area (Å²) < 4.78 is 34.8. The predicted octanol–water partition coefficient (Wildman–Crippen LogP) is 2.04. The molecule has 0 radical (unpaired) electrons. The molecule has 0 aromatic heterocycles. The van der Waals surface area contributed by atoms with E-state index in [-0.39, 0.29) is 91.4 Å². The van der Waals surface area contributed by atoms with E-state index in [1.165, 1.54) is 0 Å². The lowest BCUT2D eigenvalue weighted by atomic mass is 9.99. The quantitative estimate of drug-likeness (QED) is 0.185. The molecule has 0 fully saturated rings. The van der Waals surface area contributed by atoms with Crippen LogP contribution in [-0.2, 0) is 28.4 Å². The minimum absolute atomic E-state index is 0.0122. The lowest BCUT2D eigenvalue weighted by Crippen LogP contribution is -2.51. The molecule has 0 aromatic rings. The molecule has 12 nitrogen and oxygen atoms in total. The molecule has 0 saturated carbocycles. The van der Waals surface area contributed by atoms with Crippen molar-refractivity contribution >= 4 is 0 Å². The van der Waals surface area contributed by atoms with Crippen LogP contribution in [0.5, 0.6) is 0 Å². The van der Waals surface area contributed by atoms with Gasteiger partial charge in [-0.15, -0.1) is 0 Å². The first-order valence-electron chi connectivity index (χ1n) is 11.5. The Morgan fingerprint density at radius 1 is 0.444 bits per heavy atom. The molecule has 0 aliphatic carbocycles. The van der Waals surface area contributed by atoms with Gasteiger partial charge in [0.25, 0.3) is 0 Å². The second-order valence-corrected chi connectivity index (χ2v) is 7.10. The molecule has 0 spiro atoms. The molecule has 0 N–H and O–H groups in total. The van der Waals surface area contributed by atoms with E-state index in [2.05, 4.69) is 0 Å². The number of ether oxygens (including phenoxy) is 6. The zero-order valence-corrected chi connectivity index (χ0v) is 20.3. The number of hydrogen-bond acceptors (Lipinski definition) is 12. The van der Waals surface area contributed by atoms with Gasteiger partial charge < -0.3 is 28.4 Å². The molecule has 0 bridgehead atoms. The Morgan fingerprint density at radius 3 is 1.39 bits per heavy atom. The molecular weight excluding hydrogens is 468 g/mol. The van der Waals surface area contributed by atoms with Crippen LogP contribution in [0.2, 0.25) is 0 Å². The molecule has 36 heavy (non-hydrogen) atoms.